The molecule has 24 heavy (non-hydrogen) atoms. The van der Waals surface area contributed by atoms with Gasteiger partial charge in [0.2, 0.25) is 10.0 Å². The van der Waals surface area contributed by atoms with Crippen LogP contribution in [0.3, 0.4) is 0 Å². The van der Waals surface area contributed by atoms with Crippen molar-refractivity contribution < 1.29 is 13.2 Å². The molecule has 7 nitrogen and oxygen atoms in total. The molecule has 0 atom stereocenters. The minimum absolute atomic E-state index is 0. The van der Waals surface area contributed by atoms with E-state index in [4.69, 9.17) is 4.74 Å². The van der Waals surface area contributed by atoms with Crippen molar-refractivity contribution in [2.45, 2.75) is 17.7 Å². The predicted molar refractivity (Wildman–Crippen MR) is 96.3 cm³/mol. The van der Waals surface area contributed by atoms with Gasteiger partial charge in [-0.15, -0.1) is 12.4 Å². The number of methoxy groups -OCH3 is 1. The largest absolute Gasteiger partial charge is 0.384 e. The quantitative estimate of drug-likeness (QED) is 0.772. The highest BCUT2D eigenvalue weighted by molar-refractivity contribution is 7.89. The second kappa shape index (κ2) is 8.03. The molecule has 0 unspecified atom stereocenters. The fourth-order valence-corrected chi connectivity index (χ4v) is 4.88. The molecule has 1 aromatic carbocycles. The standard InChI is InChI=1S/C14H20N4O3S2.ClH/c1-21-10-14(5-7-15-8-6-14)9-16-23(19,20)12-4-2-3-11-13(12)18-22-17-11;/h2-4,15-16H,5-10H2,1H3;1H. The number of piperidine rings is 1. The van der Waals surface area contributed by atoms with Crippen LogP contribution in [0.2, 0.25) is 0 Å². The summed E-state index contributed by atoms with van der Waals surface area (Å²) in [4.78, 5) is 0.185. The first kappa shape index (κ1) is 19.5. The van der Waals surface area contributed by atoms with Crippen LogP contribution in [0.1, 0.15) is 12.8 Å². The van der Waals surface area contributed by atoms with E-state index in [9.17, 15) is 8.42 Å². The lowest BCUT2D eigenvalue weighted by Crippen LogP contribution is -2.47. The van der Waals surface area contributed by atoms with Crippen molar-refractivity contribution in [3.8, 4) is 0 Å². The van der Waals surface area contributed by atoms with E-state index in [1.165, 1.54) is 0 Å². The second-order valence-electron chi connectivity index (χ2n) is 5.90. The molecule has 1 aromatic heterocycles. The Balaban J connectivity index is 0.00000208. The molecule has 1 aliphatic rings. The SMILES string of the molecule is COCC1(CNS(=O)(=O)c2cccc3nsnc23)CCNCC1.Cl. The van der Waals surface area contributed by atoms with E-state index in [1.807, 2.05) is 0 Å². The van der Waals surface area contributed by atoms with Gasteiger partial charge in [0.25, 0.3) is 0 Å². The number of fused-ring (bicyclic) bond motifs is 1. The van der Waals surface area contributed by atoms with Gasteiger partial charge in [-0.2, -0.15) is 8.75 Å². The lowest BCUT2D eigenvalue weighted by atomic mass is 9.80. The Morgan fingerprint density at radius 3 is 2.79 bits per heavy atom. The molecule has 0 saturated carbocycles. The van der Waals surface area contributed by atoms with Gasteiger partial charge in [-0.05, 0) is 38.1 Å². The predicted octanol–water partition coefficient (Wildman–Crippen LogP) is 1.41. The third-order valence-electron chi connectivity index (χ3n) is 4.29. The summed E-state index contributed by atoms with van der Waals surface area (Å²) in [6.07, 6.45) is 1.76. The smallest absolute Gasteiger partial charge is 0.242 e. The summed E-state index contributed by atoms with van der Waals surface area (Å²) in [6.45, 7) is 2.64. The minimum atomic E-state index is -3.63. The van der Waals surface area contributed by atoms with Crippen molar-refractivity contribution in [3.05, 3.63) is 18.2 Å². The molecule has 2 heterocycles. The number of benzene rings is 1. The van der Waals surface area contributed by atoms with E-state index < -0.39 is 10.0 Å². The first-order chi connectivity index (χ1) is 11.1. The summed E-state index contributed by atoms with van der Waals surface area (Å²) in [5.74, 6) is 0. The Morgan fingerprint density at radius 2 is 2.08 bits per heavy atom. The van der Waals surface area contributed by atoms with Crippen molar-refractivity contribution in [3.63, 3.8) is 0 Å². The molecule has 3 rings (SSSR count). The Morgan fingerprint density at radius 1 is 1.33 bits per heavy atom. The lowest BCUT2D eigenvalue weighted by molar-refractivity contribution is 0.0577. The molecule has 1 fully saturated rings. The summed E-state index contributed by atoms with van der Waals surface area (Å²) in [7, 11) is -1.98. The van der Waals surface area contributed by atoms with Crippen molar-refractivity contribution >= 4 is 45.2 Å². The van der Waals surface area contributed by atoms with E-state index in [0.717, 1.165) is 37.7 Å². The summed E-state index contributed by atoms with van der Waals surface area (Å²) in [6, 6.07) is 5.02. The van der Waals surface area contributed by atoms with Gasteiger partial charge < -0.3 is 10.1 Å². The van der Waals surface area contributed by atoms with Crippen LogP contribution >= 0.6 is 24.1 Å². The average Bonchev–Trinajstić information content (AvgIpc) is 3.03. The third-order valence-corrected chi connectivity index (χ3v) is 6.27. The van der Waals surface area contributed by atoms with Gasteiger partial charge >= 0.3 is 0 Å². The molecule has 0 bridgehead atoms. The van der Waals surface area contributed by atoms with Gasteiger partial charge in [0.15, 0.2) is 0 Å². The van der Waals surface area contributed by atoms with Crippen LogP contribution in [0.5, 0.6) is 0 Å². The number of ether oxygens (including phenoxy) is 1. The van der Waals surface area contributed by atoms with Crippen LogP contribution in [-0.4, -0.2) is 50.5 Å². The van der Waals surface area contributed by atoms with Gasteiger partial charge in [-0.25, -0.2) is 13.1 Å². The zero-order valence-electron chi connectivity index (χ0n) is 13.3. The number of hydrogen-bond donors (Lipinski definition) is 2. The van der Waals surface area contributed by atoms with Gasteiger partial charge in [0.1, 0.15) is 15.9 Å². The maximum absolute atomic E-state index is 12.7. The molecule has 2 N–H and O–H groups in total. The van der Waals surface area contributed by atoms with Gasteiger partial charge in [-0.1, -0.05) is 6.07 Å². The first-order valence-electron chi connectivity index (χ1n) is 7.47. The third kappa shape index (κ3) is 4.04. The minimum Gasteiger partial charge on any atom is -0.384 e. The van der Waals surface area contributed by atoms with Crippen molar-refractivity contribution in [2.75, 3.05) is 33.4 Å². The maximum atomic E-state index is 12.7. The molecule has 1 saturated heterocycles. The summed E-state index contributed by atoms with van der Waals surface area (Å²) < 4.78 is 41.7. The Bertz CT molecular complexity index is 770. The highest BCUT2D eigenvalue weighted by Gasteiger charge is 2.34. The monoisotopic (exact) mass is 392 g/mol. The molecule has 10 heteroatoms. The highest BCUT2D eigenvalue weighted by atomic mass is 35.5. The van der Waals surface area contributed by atoms with Gasteiger partial charge in [-0.3, -0.25) is 0 Å². The van der Waals surface area contributed by atoms with Crippen LogP contribution in [0.4, 0.5) is 0 Å². The average molecular weight is 393 g/mol. The molecule has 134 valence electrons. The Kier molecular flexibility index (Phi) is 6.52. The molecular weight excluding hydrogens is 372 g/mol. The first-order valence-corrected chi connectivity index (χ1v) is 9.68. The fourth-order valence-electron chi connectivity index (χ4n) is 2.96. The maximum Gasteiger partial charge on any atom is 0.242 e. The number of rotatable bonds is 6. The van der Waals surface area contributed by atoms with Crippen LogP contribution in [0.25, 0.3) is 11.0 Å². The highest BCUT2D eigenvalue weighted by Crippen LogP contribution is 2.29. The summed E-state index contributed by atoms with van der Waals surface area (Å²) in [5, 5.41) is 3.30. The molecule has 0 radical (unpaired) electrons. The van der Waals surface area contributed by atoms with E-state index >= 15 is 0 Å². The number of aromatic nitrogens is 2. The normalized spacial score (nSPS) is 17.5. The molecular formula is C14H21ClN4O3S2. The molecule has 0 amide bonds. The van der Waals surface area contributed by atoms with E-state index in [2.05, 4.69) is 18.8 Å². The van der Waals surface area contributed by atoms with Crippen LogP contribution < -0.4 is 10.0 Å². The van der Waals surface area contributed by atoms with Crippen molar-refractivity contribution in [2.24, 2.45) is 5.41 Å². The van der Waals surface area contributed by atoms with Crippen molar-refractivity contribution in [1.82, 2.24) is 18.8 Å². The van der Waals surface area contributed by atoms with Crippen LogP contribution in [0.15, 0.2) is 23.1 Å². The summed E-state index contributed by atoms with van der Waals surface area (Å²) in [5.41, 5.74) is 0.865. The lowest BCUT2D eigenvalue weighted by Gasteiger charge is -2.37. The number of halogens is 1. The zero-order valence-corrected chi connectivity index (χ0v) is 15.8. The molecule has 2 aromatic rings. The zero-order chi connectivity index (χ0) is 16.3. The topological polar surface area (TPSA) is 93.2 Å². The van der Waals surface area contributed by atoms with Crippen LogP contribution in [-0.2, 0) is 14.8 Å². The molecule has 0 spiro atoms. The van der Waals surface area contributed by atoms with Gasteiger partial charge in [0, 0.05) is 19.1 Å². The van der Waals surface area contributed by atoms with E-state index in [1.54, 1.807) is 25.3 Å². The fraction of sp³-hybridized carbons (Fsp3) is 0.571. The van der Waals surface area contributed by atoms with E-state index in [-0.39, 0.29) is 22.7 Å². The molecule has 0 aliphatic carbocycles. The molecule has 1 aliphatic heterocycles. The Labute approximate surface area is 152 Å². The van der Waals surface area contributed by atoms with Crippen LogP contribution in [0, 0.1) is 5.41 Å². The second-order valence-corrected chi connectivity index (χ2v) is 8.16. The van der Waals surface area contributed by atoms with E-state index in [0.29, 0.717) is 24.2 Å². The number of hydrogen-bond acceptors (Lipinski definition) is 7. The number of nitrogens with zero attached hydrogens (tertiary/aromatic N) is 2. The van der Waals surface area contributed by atoms with Gasteiger partial charge in [0.05, 0.1) is 18.3 Å². The van der Waals surface area contributed by atoms with Crippen molar-refractivity contribution in [1.29, 1.82) is 0 Å². The number of sulfonamides is 1. The number of nitrogens with one attached hydrogen (secondary N) is 2. The summed E-state index contributed by atoms with van der Waals surface area (Å²) >= 11 is 1.02. The Hall–Kier alpha value is -0.840.